The number of carbonyl (C=O) groups is 2. The van der Waals surface area contributed by atoms with Crippen LogP contribution in [0.2, 0.25) is 0 Å². The van der Waals surface area contributed by atoms with E-state index in [0.717, 1.165) is 21.7 Å². The van der Waals surface area contributed by atoms with Gasteiger partial charge in [-0.3, -0.25) is 13.9 Å². The molecule has 0 aliphatic heterocycles. The van der Waals surface area contributed by atoms with Crippen LogP contribution in [0.1, 0.15) is 38.8 Å². The predicted molar refractivity (Wildman–Crippen MR) is 134 cm³/mol. The van der Waals surface area contributed by atoms with E-state index in [4.69, 9.17) is 4.74 Å². The Morgan fingerprint density at radius 2 is 1.74 bits per heavy atom. The van der Waals surface area contributed by atoms with E-state index < -0.39 is 34.1 Å². The number of ether oxygens (including phenoxy) is 1. The van der Waals surface area contributed by atoms with E-state index in [9.17, 15) is 18.0 Å². The largest absolute Gasteiger partial charge is 0.497 e. The molecule has 0 aromatic heterocycles. The van der Waals surface area contributed by atoms with Crippen LogP contribution >= 0.6 is 0 Å². The second kappa shape index (κ2) is 10.9. The first-order valence-corrected chi connectivity index (χ1v) is 12.9. The molecule has 186 valence electrons. The highest BCUT2D eigenvalue weighted by atomic mass is 32.2. The van der Waals surface area contributed by atoms with Crippen LogP contribution in [0.15, 0.2) is 48.5 Å². The van der Waals surface area contributed by atoms with Gasteiger partial charge < -0.3 is 15.0 Å². The lowest BCUT2D eigenvalue weighted by Gasteiger charge is -2.33. The maximum absolute atomic E-state index is 13.6. The van der Waals surface area contributed by atoms with Crippen LogP contribution in [-0.2, 0) is 26.2 Å². The molecule has 0 saturated heterocycles. The van der Waals surface area contributed by atoms with Crippen molar-refractivity contribution in [2.75, 3.05) is 24.2 Å². The summed E-state index contributed by atoms with van der Waals surface area (Å²) in [6, 6.07) is 13.2. The Kier molecular flexibility index (Phi) is 8.72. The van der Waals surface area contributed by atoms with Crippen molar-refractivity contribution in [1.82, 2.24) is 10.2 Å². The van der Waals surface area contributed by atoms with E-state index in [1.54, 1.807) is 31.2 Å². The molecule has 0 saturated carbocycles. The fraction of sp³-hybridized carbons (Fsp3) is 0.440. The first-order valence-electron chi connectivity index (χ1n) is 11.0. The molecule has 0 heterocycles. The number of aryl methyl sites for hydroxylation is 1. The molecule has 2 rings (SSSR count). The van der Waals surface area contributed by atoms with Crippen molar-refractivity contribution in [1.29, 1.82) is 0 Å². The van der Waals surface area contributed by atoms with Gasteiger partial charge in [0.15, 0.2) is 0 Å². The van der Waals surface area contributed by atoms with Crippen LogP contribution in [0, 0.1) is 6.92 Å². The third-order valence-electron chi connectivity index (χ3n) is 5.29. The van der Waals surface area contributed by atoms with Crippen molar-refractivity contribution in [2.45, 2.75) is 52.7 Å². The minimum absolute atomic E-state index is 0.167. The molecule has 34 heavy (non-hydrogen) atoms. The van der Waals surface area contributed by atoms with Crippen LogP contribution < -0.4 is 14.4 Å². The molecule has 0 fully saturated rings. The average Bonchev–Trinajstić information content (AvgIpc) is 2.74. The van der Waals surface area contributed by atoms with E-state index in [1.165, 1.54) is 12.0 Å². The van der Waals surface area contributed by atoms with Gasteiger partial charge in [0.2, 0.25) is 21.8 Å². The summed E-state index contributed by atoms with van der Waals surface area (Å²) in [5.74, 6) is -0.344. The zero-order chi connectivity index (χ0) is 25.7. The number of anilines is 1. The Morgan fingerprint density at radius 1 is 1.09 bits per heavy atom. The number of methoxy groups -OCH3 is 1. The summed E-state index contributed by atoms with van der Waals surface area (Å²) in [5.41, 5.74) is 1.66. The number of benzene rings is 2. The number of nitrogens with zero attached hydrogens (tertiary/aromatic N) is 2. The molecule has 0 aliphatic rings. The van der Waals surface area contributed by atoms with E-state index in [-0.39, 0.29) is 12.5 Å². The summed E-state index contributed by atoms with van der Waals surface area (Å²) in [5, 5.41) is 2.90. The van der Waals surface area contributed by atoms with Gasteiger partial charge in [-0.2, -0.15) is 0 Å². The summed E-state index contributed by atoms with van der Waals surface area (Å²) < 4.78 is 31.5. The maximum Gasteiger partial charge on any atom is 0.244 e. The number of amides is 2. The first kappa shape index (κ1) is 27.2. The van der Waals surface area contributed by atoms with Gasteiger partial charge in [-0.25, -0.2) is 8.42 Å². The molecule has 2 aromatic carbocycles. The van der Waals surface area contributed by atoms with E-state index >= 15 is 0 Å². The Morgan fingerprint density at radius 3 is 2.29 bits per heavy atom. The van der Waals surface area contributed by atoms with Crippen molar-refractivity contribution in [3.63, 3.8) is 0 Å². The second-order valence-corrected chi connectivity index (χ2v) is 11.2. The standard InChI is InChI=1S/C25H35N3O5S/c1-18-11-8-9-12-20(18)16-27(19(2)24(30)26-25(3,4)5)23(29)17-28(34(7,31)32)21-13-10-14-22(15-21)33-6/h8-15,19H,16-17H2,1-7H3,(H,26,30)/t19-/m0/s1. The summed E-state index contributed by atoms with van der Waals surface area (Å²) >= 11 is 0. The Balaban J connectivity index is 2.43. The normalized spacial score (nSPS) is 12.6. The fourth-order valence-corrected chi connectivity index (χ4v) is 4.25. The molecule has 1 atom stereocenters. The van der Waals surface area contributed by atoms with E-state index in [1.807, 2.05) is 52.0 Å². The molecule has 0 aliphatic carbocycles. The number of carbonyl (C=O) groups excluding carboxylic acids is 2. The van der Waals surface area contributed by atoms with Gasteiger partial charge in [0.1, 0.15) is 18.3 Å². The SMILES string of the molecule is COc1cccc(N(CC(=O)N(Cc2ccccc2C)[C@@H](C)C(=O)NC(C)(C)C)S(C)(=O)=O)c1. The molecule has 8 nitrogen and oxygen atoms in total. The van der Waals surface area contributed by atoms with Gasteiger partial charge in [-0.15, -0.1) is 0 Å². The molecule has 2 aromatic rings. The molecule has 0 radical (unpaired) electrons. The third-order valence-corrected chi connectivity index (χ3v) is 6.43. The van der Waals surface area contributed by atoms with Crippen molar-refractivity contribution in [2.24, 2.45) is 0 Å². The van der Waals surface area contributed by atoms with Crippen LogP contribution in [0.25, 0.3) is 0 Å². The summed E-state index contributed by atoms with van der Waals surface area (Å²) in [6.07, 6.45) is 1.04. The summed E-state index contributed by atoms with van der Waals surface area (Å²) in [7, 11) is -2.32. The van der Waals surface area contributed by atoms with Gasteiger partial charge in [0, 0.05) is 18.2 Å². The molecule has 0 unspecified atom stereocenters. The molecule has 0 spiro atoms. The zero-order valence-corrected chi connectivity index (χ0v) is 21.8. The molecular formula is C25H35N3O5S. The summed E-state index contributed by atoms with van der Waals surface area (Å²) in [4.78, 5) is 27.9. The maximum atomic E-state index is 13.6. The van der Waals surface area contributed by atoms with Gasteiger partial charge in [-0.1, -0.05) is 30.3 Å². The molecule has 9 heteroatoms. The molecular weight excluding hydrogens is 454 g/mol. The quantitative estimate of drug-likeness (QED) is 0.584. The second-order valence-electron chi connectivity index (χ2n) is 9.33. The molecule has 1 N–H and O–H groups in total. The predicted octanol–water partition coefficient (Wildman–Crippen LogP) is 3.10. The minimum atomic E-state index is -3.80. The number of rotatable bonds is 9. The average molecular weight is 490 g/mol. The van der Waals surface area contributed by atoms with Crippen molar-refractivity contribution in [3.05, 3.63) is 59.7 Å². The van der Waals surface area contributed by atoms with Gasteiger partial charge in [0.25, 0.3) is 0 Å². The Hall–Kier alpha value is -3.07. The number of hydrogen-bond acceptors (Lipinski definition) is 5. The molecule has 0 bridgehead atoms. The van der Waals surface area contributed by atoms with E-state index in [2.05, 4.69) is 5.32 Å². The topological polar surface area (TPSA) is 96.0 Å². The molecule has 2 amide bonds. The van der Waals surface area contributed by atoms with Gasteiger partial charge in [-0.05, 0) is 57.9 Å². The minimum Gasteiger partial charge on any atom is -0.497 e. The number of hydrogen-bond donors (Lipinski definition) is 1. The lowest BCUT2D eigenvalue weighted by Crippen LogP contribution is -2.54. The number of sulfonamides is 1. The monoisotopic (exact) mass is 489 g/mol. The van der Waals surface area contributed by atoms with Crippen LogP contribution in [-0.4, -0.2) is 56.6 Å². The lowest BCUT2D eigenvalue weighted by molar-refractivity contribution is -0.140. The van der Waals surface area contributed by atoms with Crippen molar-refractivity contribution < 1.29 is 22.7 Å². The lowest BCUT2D eigenvalue weighted by atomic mass is 10.1. The Labute approximate surface area is 202 Å². The highest BCUT2D eigenvalue weighted by molar-refractivity contribution is 7.92. The van der Waals surface area contributed by atoms with Crippen LogP contribution in [0.3, 0.4) is 0 Å². The van der Waals surface area contributed by atoms with E-state index in [0.29, 0.717) is 11.4 Å². The zero-order valence-electron chi connectivity index (χ0n) is 21.0. The first-order chi connectivity index (χ1) is 15.7. The van der Waals surface area contributed by atoms with Crippen LogP contribution in [0.4, 0.5) is 5.69 Å². The smallest absolute Gasteiger partial charge is 0.244 e. The Bertz CT molecular complexity index is 1130. The number of nitrogens with one attached hydrogen (secondary N) is 1. The van der Waals surface area contributed by atoms with Gasteiger partial charge >= 0.3 is 0 Å². The van der Waals surface area contributed by atoms with Crippen molar-refractivity contribution in [3.8, 4) is 5.75 Å². The van der Waals surface area contributed by atoms with Crippen LogP contribution in [0.5, 0.6) is 5.75 Å². The third kappa shape index (κ3) is 7.48. The fourth-order valence-electron chi connectivity index (χ4n) is 3.41. The summed E-state index contributed by atoms with van der Waals surface area (Å²) in [6.45, 7) is 8.87. The highest BCUT2D eigenvalue weighted by Crippen LogP contribution is 2.24. The highest BCUT2D eigenvalue weighted by Gasteiger charge is 2.31. The van der Waals surface area contributed by atoms with Crippen molar-refractivity contribution >= 4 is 27.5 Å². The van der Waals surface area contributed by atoms with Gasteiger partial charge in [0.05, 0.1) is 19.1 Å².